The number of hydrogen-bond donors (Lipinski definition) is 0. The monoisotopic (exact) mass is 447 g/mol. The van der Waals surface area contributed by atoms with Crippen LogP contribution in [0.4, 0.5) is 0 Å². The van der Waals surface area contributed by atoms with Crippen LogP contribution < -0.4 is 10.3 Å². The van der Waals surface area contributed by atoms with Gasteiger partial charge in [-0.1, -0.05) is 42.5 Å². The van der Waals surface area contributed by atoms with E-state index in [2.05, 4.69) is 0 Å². The van der Waals surface area contributed by atoms with Crippen molar-refractivity contribution < 1.29 is 4.74 Å². The third-order valence-corrected chi connectivity index (χ3v) is 6.07. The van der Waals surface area contributed by atoms with Gasteiger partial charge in [0, 0.05) is 5.69 Å². The standard InChI is InChI=1S/C27H21N5O2/c1-17-28-25-23(27(33)31(17)16-18-8-4-3-5-9-18)24-26(30-22-11-7-6-10-21(22)29-24)32(25)19-12-14-20(34-2)15-13-19/h3-15H,16H2,1-2H3. The van der Waals surface area contributed by atoms with Gasteiger partial charge in [0.2, 0.25) is 0 Å². The van der Waals surface area contributed by atoms with Crippen LogP contribution in [0, 0.1) is 6.92 Å². The maximum Gasteiger partial charge on any atom is 0.265 e. The van der Waals surface area contributed by atoms with Gasteiger partial charge >= 0.3 is 0 Å². The Bertz CT molecular complexity index is 1740. The summed E-state index contributed by atoms with van der Waals surface area (Å²) in [6.45, 7) is 2.29. The molecular weight excluding hydrogens is 426 g/mol. The van der Waals surface area contributed by atoms with E-state index in [1.165, 1.54) is 0 Å². The van der Waals surface area contributed by atoms with Crippen molar-refractivity contribution in [3.63, 3.8) is 0 Å². The molecule has 0 bridgehead atoms. The predicted molar refractivity (Wildman–Crippen MR) is 133 cm³/mol. The van der Waals surface area contributed by atoms with Gasteiger partial charge < -0.3 is 4.74 Å². The highest BCUT2D eigenvalue weighted by Gasteiger charge is 2.22. The van der Waals surface area contributed by atoms with E-state index in [1.54, 1.807) is 11.7 Å². The molecule has 0 saturated carbocycles. The molecule has 0 aliphatic carbocycles. The molecule has 3 aromatic carbocycles. The number of nitrogens with zero attached hydrogens (tertiary/aromatic N) is 5. The minimum Gasteiger partial charge on any atom is -0.497 e. The lowest BCUT2D eigenvalue weighted by Gasteiger charge is -2.11. The molecule has 0 N–H and O–H groups in total. The Morgan fingerprint density at radius 1 is 0.794 bits per heavy atom. The summed E-state index contributed by atoms with van der Waals surface area (Å²) >= 11 is 0. The van der Waals surface area contributed by atoms with Gasteiger partial charge in [-0.2, -0.15) is 0 Å². The molecule has 0 spiro atoms. The fourth-order valence-corrected chi connectivity index (χ4v) is 4.36. The van der Waals surface area contributed by atoms with Crippen molar-refractivity contribution in [2.24, 2.45) is 0 Å². The van der Waals surface area contributed by atoms with Crippen molar-refractivity contribution in [2.75, 3.05) is 7.11 Å². The first-order valence-electron chi connectivity index (χ1n) is 11.0. The molecule has 6 rings (SSSR count). The van der Waals surface area contributed by atoms with Crippen LogP contribution in [-0.4, -0.2) is 31.2 Å². The van der Waals surface area contributed by atoms with Gasteiger partial charge in [0.25, 0.3) is 5.56 Å². The first-order valence-corrected chi connectivity index (χ1v) is 11.0. The summed E-state index contributed by atoms with van der Waals surface area (Å²) in [5.74, 6) is 1.37. The van der Waals surface area contributed by atoms with E-state index in [-0.39, 0.29) is 5.56 Å². The second-order valence-electron chi connectivity index (χ2n) is 8.15. The molecule has 0 atom stereocenters. The third kappa shape index (κ3) is 3.13. The number of hydrogen-bond acceptors (Lipinski definition) is 5. The first kappa shape index (κ1) is 20.1. The second kappa shape index (κ2) is 7.81. The van der Waals surface area contributed by atoms with Gasteiger partial charge in [-0.25, -0.2) is 15.0 Å². The average molecular weight is 447 g/mol. The van der Waals surface area contributed by atoms with Crippen LogP contribution in [0.2, 0.25) is 0 Å². The number of aromatic nitrogens is 5. The van der Waals surface area contributed by atoms with Crippen molar-refractivity contribution in [2.45, 2.75) is 13.5 Å². The van der Waals surface area contributed by atoms with E-state index in [0.717, 1.165) is 28.0 Å². The average Bonchev–Trinajstić information content (AvgIpc) is 3.18. The fraction of sp³-hybridized carbons (Fsp3) is 0.111. The summed E-state index contributed by atoms with van der Waals surface area (Å²) in [6.07, 6.45) is 0. The summed E-state index contributed by atoms with van der Waals surface area (Å²) in [6, 6.07) is 25.2. The predicted octanol–water partition coefficient (Wildman–Crippen LogP) is 4.65. The number of fused-ring (bicyclic) bond motifs is 4. The smallest absolute Gasteiger partial charge is 0.265 e. The zero-order valence-corrected chi connectivity index (χ0v) is 18.8. The SMILES string of the molecule is COc1ccc(-n2c3nc4ccccc4nc3c3c(=O)n(Cc4ccccc4)c(C)nc32)cc1. The van der Waals surface area contributed by atoms with Crippen molar-refractivity contribution in [1.82, 2.24) is 24.1 Å². The highest BCUT2D eigenvalue weighted by atomic mass is 16.5. The molecule has 0 amide bonds. The normalized spacial score (nSPS) is 11.5. The molecule has 6 aromatic rings. The van der Waals surface area contributed by atoms with Crippen LogP contribution in [0.1, 0.15) is 11.4 Å². The molecule has 7 nitrogen and oxygen atoms in total. The Morgan fingerprint density at radius 2 is 1.47 bits per heavy atom. The Labute approximate surface area is 194 Å². The highest BCUT2D eigenvalue weighted by molar-refractivity contribution is 6.05. The number of methoxy groups -OCH3 is 1. The molecule has 166 valence electrons. The highest BCUT2D eigenvalue weighted by Crippen LogP contribution is 2.29. The van der Waals surface area contributed by atoms with Crippen LogP contribution in [0.15, 0.2) is 83.7 Å². The Morgan fingerprint density at radius 3 is 2.18 bits per heavy atom. The first-order chi connectivity index (χ1) is 16.6. The lowest BCUT2D eigenvalue weighted by Crippen LogP contribution is -2.24. The van der Waals surface area contributed by atoms with E-state index in [1.807, 2.05) is 90.4 Å². The zero-order valence-electron chi connectivity index (χ0n) is 18.8. The van der Waals surface area contributed by atoms with E-state index in [9.17, 15) is 4.79 Å². The molecule has 0 radical (unpaired) electrons. The molecule has 0 aliphatic heterocycles. The van der Waals surface area contributed by atoms with Gasteiger partial charge in [-0.3, -0.25) is 13.9 Å². The minimum absolute atomic E-state index is 0.131. The maximum absolute atomic E-state index is 13.9. The lowest BCUT2D eigenvalue weighted by molar-refractivity contribution is 0.415. The Balaban J connectivity index is 1.71. The van der Waals surface area contributed by atoms with Gasteiger partial charge in [0.15, 0.2) is 11.3 Å². The van der Waals surface area contributed by atoms with E-state index in [0.29, 0.717) is 34.6 Å². The van der Waals surface area contributed by atoms with Crippen molar-refractivity contribution in [3.8, 4) is 11.4 Å². The lowest BCUT2D eigenvalue weighted by atomic mass is 10.2. The van der Waals surface area contributed by atoms with Crippen molar-refractivity contribution >= 4 is 33.2 Å². The summed E-state index contributed by atoms with van der Waals surface area (Å²) in [5, 5.41) is 0.464. The summed E-state index contributed by atoms with van der Waals surface area (Å²) in [5.41, 5.74) is 4.91. The molecule has 3 heterocycles. The van der Waals surface area contributed by atoms with Crippen molar-refractivity contribution in [1.29, 1.82) is 0 Å². The second-order valence-corrected chi connectivity index (χ2v) is 8.15. The Hall–Kier alpha value is -4.52. The van der Waals surface area contributed by atoms with E-state index in [4.69, 9.17) is 19.7 Å². The number of ether oxygens (including phenoxy) is 1. The van der Waals surface area contributed by atoms with E-state index >= 15 is 0 Å². The van der Waals surface area contributed by atoms with Crippen LogP contribution in [0.3, 0.4) is 0 Å². The number of benzene rings is 3. The van der Waals surface area contributed by atoms with Crippen molar-refractivity contribution in [3.05, 3.63) is 101 Å². The third-order valence-electron chi connectivity index (χ3n) is 6.07. The van der Waals surface area contributed by atoms with Gasteiger partial charge in [-0.15, -0.1) is 0 Å². The molecule has 0 saturated heterocycles. The van der Waals surface area contributed by atoms with Crippen LogP contribution in [-0.2, 0) is 6.54 Å². The number of para-hydroxylation sites is 2. The van der Waals surface area contributed by atoms with Gasteiger partial charge in [0.1, 0.15) is 22.5 Å². The largest absolute Gasteiger partial charge is 0.497 e. The quantitative estimate of drug-likeness (QED) is 0.393. The summed E-state index contributed by atoms with van der Waals surface area (Å²) in [4.78, 5) is 28.5. The molecule has 3 aromatic heterocycles. The number of rotatable bonds is 4. The molecule has 0 aliphatic rings. The minimum atomic E-state index is -0.131. The molecule has 7 heteroatoms. The molecule has 0 fully saturated rings. The van der Waals surface area contributed by atoms with Crippen LogP contribution >= 0.6 is 0 Å². The van der Waals surface area contributed by atoms with Crippen LogP contribution in [0.5, 0.6) is 5.75 Å². The number of aryl methyl sites for hydroxylation is 1. The zero-order chi connectivity index (χ0) is 23.2. The van der Waals surface area contributed by atoms with Crippen LogP contribution in [0.25, 0.3) is 38.9 Å². The Kier molecular flexibility index (Phi) is 4.62. The topological polar surface area (TPSA) is 74.8 Å². The molecular formula is C27H21N5O2. The fourth-order valence-electron chi connectivity index (χ4n) is 4.36. The maximum atomic E-state index is 13.9. The van der Waals surface area contributed by atoms with Gasteiger partial charge in [0.05, 0.1) is 24.7 Å². The summed E-state index contributed by atoms with van der Waals surface area (Å²) in [7, 11) is 1.63. The van der Waals surface area contributed by atoms with Gasteiger partial charge in [-0.05, 0) is 48.9 Å². The van der Waals surface area contributed by atoms with E-state index < -0.39 is 0 Å². The summed E-state index contributed by atoms with van der Waals surface area (Å²) < 4.78 is 8.93. The molecule has 0 unspecified atom stereocenters. The molecule has 34 heavy (non-hydrogen) atoms.